The van der Waals surface area contributed by atoms with Crippen LogP contribution in [0.1, 0.15) is 18.4 Å². The Bertz CT molecular complexity index is 595. The molecule has 1 saturated heterocycles. The maximum Gasteiger partial charge on any atom is 0.307 e. The Morgan fingerprint density at radius 3 is 3.26 bits per heavy atom. The molecule has 100 valence electrons. The van der Waals surface area contributed by atoms with Crippen LogP contribution in [-0.2, 0) is 11.3 Å². The number of likely N-dealkylation sites (tertiary alicyclic amines) is 1. The number of carbonyl (C=O) groups is 1. The van der Waals surface area contributed by atoms with Crippen LogP contribution in [0.15, 0.2) is 24.7 Å². The SMILES string of the molecule is O=C(O)[C@@H]1CCCN(Cc2cnn3cccnc23)C1. The Kier molecular flexibility index (Phi) is 3.16. The van der Waals surface area contributed by atoms with Crippen molar-refractivity contribution in [3.05, 3.63) is 30.2 Å². The molecule has 2 aromatic rings. The van der Waals surface area contributed by atoms with E-state index in [1.807, 2.05) is 18.5 Å². The van der Waals surface area contributed by atoms with Gasteiger partial charge in [0.05, 0.1) is 12.1 Å². The van der Waals surface area contributed by atoms with Crippen LogP contribution in [0.3, 0.4) is 0 Å². The van der Waals surface area contributed by atoms with Gasteiger partial charge in [-0.1, -0.05) is 0 Å². The Hall–Kier alpha value is -1.95. The molecule has 0 radical (unpaired) electrons. The number of carboxylic acids is 1. The second-order valence-corrected chi connectivity index (χ2v) is 4.97. The average Bonchev–Trinajstić information content (AvgIpc) is 2.83. The summed E-state index contributed by atoms with van der Waals surface area (Å²) in [6.45, 7) is 2.26. The number of nitrogens with zero attached hydrogens (tertiary/aromatic N) is 4. The van der Waals surface area contributed by atoms with Gasteiger partial charge in [0.25, 0.3) is 0 Å². The molecule has 1 N–H and O–H groups in total. The van der Waals surface area contributed by atoms with Crippen LogP contribution in [0.5, 0.6) is 0 Å². The average molecular weight is 260 g/mol. The number of aromatic nitrogens is 3. The van der Waals surface area contributed by atoms with Gasteiger partial charge in [0.1, 0.15) is 0 Å². The highest BCUT2D eigenvalue weighted by Crippen LogP contribution is 2.19. The van der Waals surface area contributed by atoms with Gasteiger partial charge in [-0.25, -0.2) is 9.50 Å². The zero-order valence-corrected chi connectivity index (χ0v) is 10.6. The van der Waals surface area contributed by atoms with E-state index in [-0.39, 0.29) is 5.92 Å². The van der Waals surface area contributed by atoms with E-state index in [1.165, 1.54) is 0 Å². The summed E-state index contributed by atoms with van der Waals surface area (Å²) in [5.41, 5.74) is 1.89. The first-order valence-corrected chi connectivity index (χ1v) is 6.46. The van der Waals surface area contributed by atoms with Crippen molar-refractivity contribution in [2.24, 2.45) is 5.92 Å². The van der Waals surface area contributed by atoms with Crippen LogP contribution in [0, 0.1) is 5.92 Å². The summed E-state index contributed by atoms with van der Waals surface area (Å²) < 4.78 is 1.74. The Morgan fingerprint density at radius 2 is 2.42 bits per heavy atom. The molecule has 6 nitrogen and oxygen atoms in total. The Balaban J connectivity index is 1.76. The van der Waals surface area contributed by atoms with E-state index < -0.39 is 5.97 Å². The largest absolute Gasteiger partial charge is 0.481 e. The van der Waals surface area contributed by atoms with Gasteiger partial charge < -0.3 is 5.11 Å². The molecule has 1 aliphatic heterocycles. The van der Waals surface area contributed by atoms with E-state index in [4.69, 9.17) is 5.11 Å². The first-order valence-electron chi connectivity index (χ1n) is 6.46. The van der Waals surface area contributed by atoms with Crippen molar-refractivity contribution in [1.29, 1.82) is 0 Å². The fraction of sp³-hybridized carbons (Fsp3) is 0.462. The van der Waals surface area contributed by atoms with Crippen LogP contribution in [0.2, 0.25) is 0 Å². The van der Waals surface area contributed by atoms with Crippen LogP contribution >= 0.6 is 0 Å². The van der Waals surface area contributed by atoms with E-state index in [9.17, 15) is 4.79 Å². The first kappa shape index (κ1) is 12.1. The van der Waals surface area contributed by atoms with E-state index in [0.717, 1.165) is 30.6 Å². The smallest absolute Gasteiger partial charge is 0.307 e. The molecule has 0 amide bonds. The molecular weight excluding hydrogens is 244 g/mol. The third-order valence-corrected chi connectivity index (χ3v) is 3.60. The zero-order valence-electron chi connectivity index (χ0n) is 10.6. The molecule has 3 rings (SSSR count). The van der Waals surface area contributed by atoms with E-state index in [0.29, 0.717) is 13.1 Å². The quantitative estimate of drug-likeness (QED) is 0.892. The minimum atomic E-state index is -0.692. The van der Waals surface area contributed by atoms with Crippen molar-refractivity contribution < 1.29 is 9.90 Å². The predicted molar refractivity (Wildman–Crippen MR) is 68.6 cm³/mol. The summed E-state index contributed by atoms with van der Waals surface area (Å²) in [7, 11) is 0. The van der Waals surface area contributed by atoms with Crippen molar-refractivity contribution in [1.82, 2.24) is 19.5 Å². The minimum absolute atomic E-state index is 0.247. The Morgan fingerprint density at radius 1 is 1.53 bits per heavy atom. The van der Waals surface area contributed by atoms with Gasteiger partial charge >= 0.3 is 5.97 Å². The lowest BCUT2D eigenvalue weighted by Gasteiger charge is -2.30. The van der Waals surface area contributed by atoms with Gasteiger partial charge in [0.15, 0.2) is 5.65 Å². The van der Waals surface area contributed by atoms with Crippen LogP contribution in [0.4, 0.5) is 0 Å². The fourth-order valence-corrected chi connectivity index (χ4v) is 2.63. The maximum absolute atomic E-state index is 11.1. The molecule has 6 heteroatoms. The van der Waals surface area contributed by atoms with Crippen LogP contribution in [-0.4, -0.2) is 43.7 Å². The normalized spacial score (nSPS) is 20.7. The van der Waals surface area contributed by atoms with Gasteiger partial charge in [-0.2, -0.15) is 5.10 Å². The Labute approximate surface area is 110 Å². The van der Waals surface area contributed by atoms with Crippen molar-refractivity contribution in [2.45, 2.75) is 19.4 Å². The van der Waals surface area contributed by atoms with Gasteiger partial charge in [-0.05, 0) is 25.5 Å². The highest BCUT2D eigenvalue weighted by atomic mass is 16.4. The molecule has 0 aromatic carbocycles. The molecule has 0 spiro atoms. The second kappa shape index (κ2) is 4.97. The molecule has 2 aromatic heterocycles. The van der Waals surface area contributed by atoms with E-state index >= 15 is 0 Å². The monoisotopic (exact) mass is 260 g/mol. The van der Waals surface area contributed by atoms with Crippen molar-refractivity contribution in [2.75, 3.05) is 13.1 Å². The predicted octanol–water partition coefficient (Wildman–Crippen LogP) is 1.03. The third kappa shape index (κ3) is 2.44. The number of aliphatic carboxylic acids is 1. The van der Waals surface area contributed by atoms with E-state index in [1.54, 1.807) is 10.7 Å². The number of carboxylic acid groups (broad SMARTS) is 1. The molecule has 0 saturated carbocycles. The molecule has 0 aliphatic carbocycles. The number of fused-ring (bicyclic) bond motifs is 1. The first-order chi connectivity index (χ1) is 9.24. The van der Waals surface area contributed by atoms with Gasteiger partial charge in [-0.15, -0.1) is 0 Å². The molecule has 0 bridgehead atoms. The third-order valence-electron chi connectivity index (χ3n) is 3.60. The molecular formula is C13H16N4O2. The highest BCUT2D eigenvalue weighted by molar-refractivity contribution is 5.70. The summed E-state index contributed by atoms with van der Waals surface area (Å²) in [6.07, 6.45) is 7.13. The molecule has 3 heterocycles. The van der Waals surface area contributed by atoms with Gasteiger partial charge in [0.2, 0.25) is 0 Å². The van der Waals surface area contributed by atoms with Gasteiger partial charge in [-0.3, -0.25) is 9.69 Å². The molecule has 1 aliphatic rings. The lowest BCUT2D eigenvalue weighted by atomic mass is 9.98. The summed E-state index contributed by atoms with van der Waals surface area (Å²) in [6, 6.07) is 1.84. The molecule has 1 fully saturated rings. The highest BCUT2D eigenvalue weighted by Gasteiger charge is 2.25. The zero-order chi connectivity index (χ0) is 13.2. The summed E-state index contributed by atoms with van der Waals surface area (Å²) >= 11 is 0. The molecule has 0 unspecified atom stereocenters. The molecule has 19 heavy (non-hydrogen) atoms. The number of rotatable bonds is 3. The summed E-state index contributed by atoms with van der Waals surface area (Å²) in [5, 5.41) is 13.3. The topological polar surface area (TPSA) is 70.7 Å². The number of hydrogen-bond donors (Lipinski definition) is 1. The number of piperidine rings is 1. The van der Waals surface area contributed by atoms with Crippen LogP contribution < -0.4 is 0 Å². The van der Waals surface area contributed by atoms with Crippen molar-refractivity contribution in [3.63, 3.8) is 0 Å². The molecule has 1 atom stereocenters. The van der Waals surface area contributed by atoms with E-state index in [2.05, 4.69) is 15.0 Å². The van der Waals surface area contributed by atoms with Crippen LogP contribution in [0.25, 0.3) is 5.65 Å². The lowest BCUT2D eigenvalue weighted by molar-refractivity contribution is -0.143. The lowest BCUT2D eigenvalue weighted by Crippen LogP contribution is -2.38. The standard InChI is InChI=1S/C13H16N4O2/c18-13(19)10-3-1-5-16(8-10)9-11-7-15-17-6-2-4-14-12(11)17/h2,4,6-7,10H,1,3,5,8-9H2,(H,18,19)/t10-/m1/s1. The second-order valence-electron chi connectivity index (χ2n) is 4.97. The van der Waals surface area contributed by atoms with Gasteiger partial charge in [0, 0.05) is 31.0 Å². The van der Waals surface area contributed by atoms with Crippen molar-refractivity contribution >= 4 is 11.6 Å². The summed E-state index contributed by atoms with van der Waals surface area (Å²) in [4.78, 5) is 17.6. The fourth-order valence-electron chi connectivity index (χ4n) is 2.63. The minimum Gasteiger partial charge on any atom is -0.481 e. The van der Waals surface area contributed by atoms with Crippen molar-refractivity contribution in [3.8, 4) is 0 Å². The summed E-state index contributed by atoms with van der Waals surface area (Å²) in [5.74, 6) is -0.939. The maximum atomic E-state index is 11.1. The number of hydrogen-bond acceptors (Lipinski definition) is 4.